The van der Waals surface area contributed by atoms with E-state index in [2.05, 4.69) is 5.32 Å². The van der Waals surface area contributed by atoms with Gasteiger partial charge in [0, 0.05) is 5.02 Å². The number of carbonyl (C=O) groups is 1. The molecule has 0 saturated carbocycles. The van der Waals surface area contributed by atoms with Crippen molar-refractivity contribution < 1.29 is 9.53 Å². The molecule has 0 aliphatic carbocycles. The molecular weight excluding hydrogens is 347 g/mol. The Kier molecular flexibility index (Phi) is 7.55. The van der Waals surface area contributed by atoms with Crippen LogP contribution in [0.4, 0.5) is 0 Å². The highest BCUT2D eigenvalue weighted by Gasteiger charge is 2.30. The van der Waals surface area contributed by atoms with Gasteiger partial charge in [0.05, 0.1) is 6.54 Å². The first-order chi connectivity index (χ1) is 10.9. The van der Waals surface area contributed by atoms with Gasteiger partial charge in [-0.05, 0) is 43.7 Å². The van der Waals surface area contributed by atoms with Crippen molar-refractivity contribution >= 4 is 29.9 Å². The fourth-order valence-electron chi connectivity index (χ4n) is 2.12. The number of hydrogen-bond acceptors (Lipinski definition) is 3. The van der Waals surface area contributed by atoms with E-state index in [1.807, 2.05) is 37.3 Å². The molecule has 0 bridgehead atoms. The maximum Gasteiger partial charge on any atom is 0.244 e. The number of ether oxygens (including phenoxy) is 1. The first-order valence-corrected chi connectivity index (χ1v) is 7.82. The van der Waals surface area contributed by atoms with Gasteiger partial charge in [0.15, 0.2) is 0 Å². The molecule has 2 unspecified atom stereocenters. The van der Waals surface area contributed by atoms with E-state index in [1.54, 1.807) is 31.2 Å². The first kappa shape index (κ1) is 20.3. The molecule has 6 heteroatoms. The van der Waals surface area contributed by atoms with Gasteiger partial charge in [-0.15, -0.1) is 12.4 Å². The van der Waals surface area contributed by atoms with E-state index >= 15 is 0 Å². The fraction of sp³-hybridized carbons (Fsp3) is 0.278. The maximum atomic E-state index is 12.4. The number of amides is 1. The minimum atomic E-state index is -1.08. The molecule has 2 aromatic rings. The number of carbonyl (C=O) groups excluding carboxylic acids is 1. The highest BCUT2D eigenvalue weighted by molar-refractivity contribution is 6.30. The number of halogens is 2. The van der Waals surface area contributed by atoms with Crippen LogP contribution in [0.1, 0.15) is 19.4 Å². The average molecular weight is 369 g/mol. The number of rotatable bonds is 6. The topological polar surface area (TPSA) is 64.4 Å². The molecule has 0 aliphatic heterocycles. The van der Waals surface area contributed by atoms with Crippen LogP contribution in [0.15, 0.2) is 54.6 Å². The maximum absolute atomic E-state index is 12.4. The lowest BCUT2D eigenvalue weighted by molar-refractivity contribution is -0.126. The molecule has 0 spiro atoms. The second kappa shape index (κ2) is 8.92. The van der Waals surface area contributed by atoms with Gasteiger partial charge < -0.3 is 15.8 Å². The van der Waals surface area contributed by atoms with E-state index in [4.69, 9.17) is 22.1 Å². The average Bonchev–Trinajstić information content (AvgIpc) is 2.55. The van der Waals surface area contributed by atoms with E-state index in [9.17, 15) is 4.79 Å². The molecule has 2 atom stereocenters. The summed E-state index contributed by atoms with van der Waals surface area (Å²) in [4.78, 5) is 12.4. The Labute approximate surface area is 153 Å². The predicted molar refractivity (Wildman–Crippen MR) is 99.8 cm³/mol. The van der Waals surface area contributed by atoms with Crippen molar-refractivity contribution in [1.29, 1.82) is 0 Å². The molecule has 0 radical (unpaired) electrons. The monoisotopic (exact) mass is 368 g/mol. The molecule has 2 aromatic carbocycles. The molecule has 2 rings (SSSR count). The van der Waals surface area contributed by atoms with Gasteiger partial charge in [-0.3, -0.25) is 4.79 Å². The van der Waals surface area contributed by atoms with Crippen LogP contribution >= 0.6 is 24.0 Å². The van der Waals surface area contributed by atoms with Crippen molar-refractivity contribution in [3.05, 3.63) is 65.2 Å². The van der Waals surface area contributed by atoms with Gasteiger partial charge >= 0.3 is 0 Å². The van der Waals surface area contributed by atoms with Crippen LogP contribution in [-0.4, -0.2) is 18.6 Å². The summed E-state index contributed by atoms with van der Waals surface area (Å²) in [6.45, 7) is 3.94. The summed E-state index contributed by atoms with van der Waals surface area (Å²) < 4.78 is 5.72. The van der Waals surface area contributed by atoms with E-state index < -0.39 is 5.54 Å². The van der Waals surface area contributed by atoms with Crippen molar-refractivity contribution in [2.24, 2.45) is 5.73 Å². The SMILES string of the molecule is CC(CNC(=O)C(C)(N)c1ccccc1)Oc1ccc(Cl)cc1.Cl. The van der Waals surface area contributed by atoms with Crippen LogP contribution in [-0.2, 0) is 10.3 Å². The zero-order chi connectivity index (χ0) is 16.9. The quantitative estimate of drug-likeness (QED) is 0.819. The first-order valence-electron chi connectivity index (χ1n) is 7.44. The van der Waals surface area contributed by atoms with Crippen LogP contribution in [0.25, 0.3) is 0 Å². The van der Waals surface area contributed by atoms with Crippen molar-refractivity contribution in [3.63, 3.8) is 0 Å². The third kappa shape index (κ3) is 5.41. The molecule has 1 amide bonds. The third-order valence-corrected chi connectivity index (χ3v) is 3.80. The van der Waals surface area contributed by atoms with Gasteiger partial charge in [-0.25, -0.2) is 0 Å². The summed E-state index contributed by atoms with van der Waals surface area (Å²) in [7, 11) is 0. The van der Waals surface area contributed by atoms with Crippen molar-refractivity contribution in [2.75, 3.05) is 6.54 Å². The van der Waals surface area contributed by atoms with E-state index in [0.717, 1.165) is 5.56 Å². The van der Waals surface area contributed by atoms with Crippen LogP contribution in [0.3, 0.4) is 0 Å². The molecule has 0 heterocycles. The molecule has 0 aliphatic rings. The lowest BCUT2D eigenvalue weighted by atomic mass is 9.92. The van der Waals surface area contributed by atoms with Crippen LogP contribution in [0.2, 0.25) is 5.02 Å². The minimum absolute atomic E-state index is 0. The van der Waals surface area contributed by atoms with Crippen LogP contribution in [0, 0.1) is 0 Å². The third-order valence-electron chi connectivity index (χ3n) is 3.55. The molecule has 0 fully saturated rings. The Hall–Kier alpha value is -1.75. The van der Waals surface area contributed by atoms with Gasteiger partial charge in [-0.1, -0.05) is 41.9 Å². The zero-order valence-electron chi connectivity index (χ0n) is 13.7. The van der Waals surface area contributed by atoms with Crippen LogP contribution in [0.5, 0.6) is 5.75 Å². The van der Waals surface area contributed by atoms with Gasteiger partial charge in [0.1, 0.15) is 17.4 Å². The van der Waals surface area contributed by atoms with Gasteiger partial charge in [-0.2, -0.15) is 0 Å². The molecule has 4 nitrogen and oxygen atoms in total. The highest BCUT2D eigenvalue weighted by atomic mass is 35.5. The summed E-state index contributed by atoms with van der Waals surface area (Å²) in [5.41, 5.74) is 5.85. The summed E-state index contributed by atoms with van der Waals surface area (Å²) in [6.07, 6.45) is -0.188. The Balaban J connectivity index is 0.00000288. The predicted octanol–water partition coefficient (Wildman–Crippen LogP) is 3.52. The number of hydrogen-bond donors (Lipinski definition) is 2. The molecule has 24 heavy (non-hydrogen) atoms. The van der Waals surface area contributed by atoms with Gasteiger partial charge in [0.25, 0.3) is 0 Å². The Morgan fingerprint density at radius 2 is 1.79 bits per heavy atom. The smallest absolute Gasteiger partial charge is 0.244 e. The summed E-state index contributed by atoms with van der Waals surface area (Å²) in [5, 5.41) is 3.49. The standard InChI is InChI=1S/C18H21ClN2O2.ClH/c1-13(23-16-10-8-15(19)9-11-16)12-21-17(22)18(2,20)14-6-4-3-5-7-14;/h3-11,13H,12,20H2,1-2H3,(H,21,22);1H. The zero-order valence-corrected chi connectivity index (χ0v) is 15.2. The second-order valence-corrected chi connectivity index (χ2v) is 6.10. The van der Waals surface area contributed by atoms with Gasteiger partial charge in [0.2, 0.25) is 5.91 Å². The Morgan fingerprint density at radius 1 is 1.21 bits per heavy atom. The summed E-state index contributed by atoms with van der Waals surface area (Å²) in [6, 6.07) is 16.4. The Morgan fingerprint density at radius 3 is 2.38 bits per heavy atom. The normalized spacial score (nSPS) is 14.0. The molecule has 3 N–H and O–H groups in total. The second-order valence-electron chi connectivity index (χ2n) is 5.66. The minimum Gasteiger partial charge on any atom is -0.489 e. The molecular formula is C18H22Cl2N2O2. The van der Waals surface area contributed by atoms with E-state index in [0.29, 0.717) is 17.3 Å². The highest BCUT2D eigenvalue weighted by Crippen LogP contribution is 2.18. The fourth-order valence-corrected chi connectivity index (χ4v) is 2.25. The number of nitrogens with two attached hydrogens (primary N) is 1. The van der Waals surface area contributed by atoms with Crippen molar-refractivity contribution in [1.82, 2.24) is 5.32 Å². The lowest BCUT2D eigenvalue weighted by Gasteiger charge is -2.25. The van der Waals surface area contributed by atoms with Crippen molar-refractivity contribution in [3.8, 4) is 5.75 Å². The number of benzene rings is 2. The molecule has 130 valence electrons. The largest absolute Gasteiger partial charge is 0.489 e. The summed E-state index contributed by atoms with van der Waals surface area (Å²) in [5.74, 6) is 0.463. The lowest BCUT2D eigenvalue weighted by Crippen LogP contribution is -2.50. The molecule has 0 aromatic heterocycles. The van der Waals surface area contributed by atoms with Crippen molar-refractivity contribution in [2.45, 2.75) is 25.5 Å². The summed E-state index contributed by atoms with van der Waals surface area (Å²) >= 11 is 5.83. The van der Waals surface area contributed by atoms with E-state index in [-0.39, 0.29) is 24.4 Å². The van der Waals surface area contributed by atoms with E-state index in [1.165, 1.54) is 0 Å². The number of nitrogens with one attached hydrogen (secondary N) is 1. The molecule has 0 saturated heterocycles. The Bertz CT molecular complexity index is 646. The van der Waals surface area contributed by atoms with Crippen LogP contribution < -0.4 is 15.8 Å².